The number of benzene rings is 1. The van der Waals surface area contributed by atoms with Crippen molar-refractivity contribution >= 4 is 33.6 Å². The van der Waals surface area contributed by atoms with E-state index in [1.165, 1.54) is 24.3 Å². The van der Waals surface area contributed by atoms with Crippen molar-refractivity contribution in [2.75, 3.05) is 11.6 Å². The van der Waals surface area contributed by atoms with E-state index in [-0.39, 0.29) is 11.5 Å². The summed E-state index contributed by atoms with van der Waals surface area (Å²) in [5.74, 6) is -1.14. The number of rotatable bonds is 5. The lowest BCUT2D eigenvalue weighted by molar-refractivity contribution is -0.125. The van der Waals surface area contributed by atoms with Gasteiger partial charge in [-0.3, -0.25) is 9.59 Å². The first kappa shape index (κ1) is 21.7. The summed E-state index contributed by atoms with van der Waals surface area (Å²) in [7, 11) is -3.66. The third-order valence-corrected chi connectivity index (χ3v) is 4.62. The van der Waals surface area contributed by atoms with Crippen LogP contribution in [0, 0.1) is 0 Å². The van der Waals surface area contributed by atoms with Gasteiger partial charge in [0.15, 0.2) is 0 Å². The summed E-state index contributed by atoms with van der Waals surface area (Å²) in [6.45, 7) is 5.21. The Bertz CT molecular complexity index is 868. The van der Waals surface area contributed by atoms with Gasteiger partial charge in [0.25, 0.3) is 5.91 Å². The molecule has 1 aliphatic carbocycles. The number of nitrogens with one attached hydrogen (secondary N) is 3. The summed E-state index contributed by atoms with van der Waals surface area (Å²) in [5, 5.41) is 5.37. The summed E-state index contributed by atoms with van der Waals surface area (Å²) in [6, 6.07) is 5.75. The lowest BCUT2D eigenvalue weighted by atomic mass is 9.76. The smallest absolute Gasteiger partial charge is 0.408 e. The molecule has 1 aliphatic rings. The largest absolute Gasteiger partial charge is 0.444 e. The Morgan fingerprint density at radius 3 is 2.07 bits per heavy atom. The lowest BCUT2D eigenvalue weighted by Crippen LogP contribution is -2.61. The number of sulfonamides is 1. The van der Waals surface area contributed by atoms with Crippen molar-refractivity contribution in [1.29, 1.82) is 0 Å². The van der Waals surface area contributed by atoms with Crippen LogP contribution < -0.4 is 15.4 Å². The van der Waals surface area contributed by atoms with Gasteiger partial charge >= 0.3 is 6.09 Å². The van der Waals surface area contributed by atoms with E-state index >= 15 is 0 Å². The van der Waals surface area contributed by atoms with E-state index in [9.17, 15) is 22.8 Å². The molecule has 0 aromatic heterocycles. The van der Waals surface area contributed by atoms with E-state index in [1.807, 2.05) is 4.72 Å². The Balaban J connectivity index is 2.03. The van der Waals surface area contributed by atoms with Gasteiger partial charge in [-0.2, -0.15) is 0 Å². The average molecular weight is 411 g/mol. The Morgan fingerprint density at radius 2 is 1.64 bits per heavy atom. The van der Waals surface area contributed by atoms with Crippen molar-refractivity contribution in [3.8, 4) is 0 Å². The van der Waals surface area contributed by atoms with E-state index in [2.05, 4.69) is 10.6 Å². The Kier molecular flexibility index (Phi) is 6.03. The third kappa shape index (κ3) is 5.95. The minimum Gasteiger partial charge on any atom is -0.444 e. The predicted octanol–water partition coefficient (Wildman–Crippen LogP) is 1.76. The number of amides is 3. The van der Waals surface area contributed by atoms with Crippen LogP contribution in [0.2, 0.25) is 0 Å². The fraction of sp³-hybridized carbons (Fsp3) is 0.500. The normalized spacial score (nSPS) is 15.7. The molecular formula is C18H25N3O6S. The minimum atomic E-state index is -3.66. The van der Waals surface area contributed by atoms with Crippen molar-refractivity contribution in [2.24, 2.45) is 0 Å². The summed E-state index contributed by atoms with van der Waals surface area (Å²) < 4.78 is 29.3. The van der Waals surface area contributed by atoms with Gasteiger partial charge in [-0.05, 0) is 64.3 Å². The Hall–Kier alpha value is -2.62. The summed E-state index contributed by atoms with van der Waals surface area (Å²) in [6.07, 6.45) is 2.01. The van der Waals surface area contributed by atoms with E-state index in [0.717, 1.165) is 12.7 Å². The molecule has 0 bridgehead atoms. The van der Waals surface area contributed by atoms with Gasteiger partial charge < -0.3 is 15.4 Å². The van der Waals surface area contributed by atoms with Gasteiger partial charge in [-0.25, -0.2) is 17.9 Å². The van der Waals surface area contributed by atoms with Crippen LogP contribution in [-0.4, -0.2) is 43.7 Å². The fourth-order valence-electron chi connectivity index (χ4n) is 2.62. The van der Waals surface area contributed by atoms with Gasteiger partial charge in [-0.1, -0.05) is 0 Å². The van der Waals surface area contributed by atoms with Crippen LogP contribution in [0.5, 0.6) is 0 Å². The molecule has 1 aromatic rings. The second-order valence-corrected chi connectivity index (χ2v) is 9.55. The first-order chi connectivity index (χ1) is 12.8. The van der Waals surface area contributed by atoms with E-state index < -0.39 is 33.2 Å². The highest BCUT2D eigenvalue weighted by Gasteiger charge is 2.46. The molecule has 2 rings (SSSR count). The molecule has 9 nitrogen and oxygen atoms in total. The summed E-state index contributed by atoms with van der Waals surface area (Å²) in [4.78, 5) is 36.5. The van der Waals surface area contributed by atoms with Crippen molar-refractivity contribution in [1.82, 2.24) is 10.0 Å². The molecule has 154 valence electrons. The molecular weight excluding hydrogens is 386 g/mol. The van der Waals surface area contributed by atoms with Crippen LogP contribution in [0.4, 0.5) is 10.5 Å². The highest BCUT2D eigenvalue weighted by molar-refractivity contribution is 7.89. The molecule has 0 aliphatic heterocycles. The number of hydrogen-bond acceptors (Lipinski definition) is 6. The molecule has 0 atom stereocenters. The molecule has 1 fully saturated rings. The fourth-order valence-corrected chi connectivity index (χ4v) is 3.08. The van der Waals surface area contributed by atoms with Crippen LogP contribution in [0.25, 0.3) is 0 Å². The van der Waals surface area contributed by atoms with Crippen LogP contribution in [0.3, 0.4) is 0 Å². The standard InChI is InChI=1S/C18H25N3O6S/c1-17(2,3)27-16(24)20-18(10-5-11-18)15(23)19-13-8-6-12(7-9-13)14(22)21-28(4,25)26/h6-9H,5,10-11H2,1-4H3,(H,19,23)(H,20,24)(H,21,22). The number of hydrogen-bond donors (Lipinski definition) is 3. The molecule has 0 radical (unpaired) electrons. The zero-order chi connectivity index (χ0) is 21.2. The van der Waals surface area contributed by atoms with Crippen LogP contribution >= 0.6 is 0 Å². The van der Waals surface area contributed by atoms with Crippen LogP contribution in [-0.2, 0) is 19.6 Å². The monoisotopic (exact) mass is 411 g/mol. The van der Waals surface area contributed by atoms with E-state index in [1.54, 1.807) is 20.8 Å². The number of alkyl carbamates (subject to hydrolysis) is 1. The highest BCUT2D eigenvalue weighted by atomic mass is 32.2. The van der Waals surface area contributed by atoms with Gasteiger partial charge in [0, 0.05) is 11.3 Å². The molecule has 3 N–H and O–H groups in total. The van der Waals surface area contributed by atoms with Crippen LogP contribution in [0.15, 0.2) is 24.3 Å². The zero-order valence-electron chi connectivity index (χ0n) is 16.3. The number of anilines is 1. The number of ether oxygens (including phenoxy) is 1. The molecule has 0 heterocycles. The third-order valence-electron chi connectivity index (χ3n) is 4.07. The van der Waals surface area contributed by atoms with E-state index in [0.29, 0.717) is 18.5 Å². The second kappa shape index (κ2) is 7.78. The van der Waals surface area contributed by atoms with Crippen molar-refractivity contribution < 1.29 is 27.5 Å². The molecule has 10 heteroatoms. The minimum absolute atomic E-state index is 0.133. The number of carbonyl (C=O) groups is 3. The summed E-state index contributed by atoms with van der Waals surface area (Å²) >= 11 is 0. The summed E-state index contributed by atoms with van der Waals surface area (Å²) in [5.41, 5.74) is -1.16. The highest BCUT2D eigenvalue weighted by Crippen LogP contribution is 2.33. The quantitative estimate of drug-likeness (QED) is 0.677. The molecule has 1 saturated carbocycles. The maximum atomic E-state index is 12.7. The van der Waals surface area contributed by atoms with Crippen molar-refractivity contribution in [3.05, 3.63) is 29.8 Å². The Labute approximate surface area is 164 Å². The maximum Gasteiger partial charge on any atom is 0.408 e. The molecule has 28 heavy (non-hydrogen) atoms. The first-order valence-electron chi connectivity index (χ1n) is 8.74. The van der Waals surface area contributed by atoms with Gasteiger partial charge in [-0.15, -0.1) is 0 Å². The van der Waals surface area contributed by atoms with Gasteiger partial charge in [0.05, 0.1) is 6.26 Å². The molecule has 0 spiro atoms. The first-order valence-corrected chi connectivity index (χ1v) is 10.6. The maximum absolute atomic E-state index is 12.7. The Morgan fingerprint density at radius 1 is 1.07 bits per heavy atom. The topological polar surface area (TPSA) is 131 Å². The van der Waals surface area contributed by atoms with Crippen molar-refractivity contribution in [3.63, 3.8) is 0 Å². The molecule has 1 aromatic carbocycles. The lowest BCUT2D eigenvalue weighted by Gasteiger charge is -2.40. The zero-order valence-corrected chi connectivity index (χ0v) is 17.1. The van der Waals surface area contributed by atoms with Gasteiger partial charge in [0.1, 0.15) is 11.1 Å². The van der Waals surface area contributed by atoms with Crippen molar-refractivity contribution in [2.45, 2.75) is 51.2 Å². The van der Waals surface area contributed by atoms with Crippen LogP contribution in [0.1, 0.15) is 50.4 Å². The molecule has 0 unspecified atom stereocenters. The second-order valence-electron chi connectivity index (χ2n) is 7.80. The predicted molar refractivity (Wildman–Crippen MR) is 103 cm³/mol. The molecule has 0 saturated heterocycles. The molecule has 3 amide bonds. The van der Waals surface area contributed by atoms with Gasteiger partial charge in [0.2, 0.25) is 15.9 Å². The number of carbonyl (C=O) groups excluding carboxylic acids is 3. The van der Waals surface area contributed by atoms with E-state index in [4.69, 9.17) is 4.74 Å². The SMILES string of the molecule is CC(C)(C)OC(=O)NC1(C(=O)Nc2ccc(C(=O)NS(C)(=O)=O)cc2)CCC1. The average Bonchev–Trinajstić information content (AvgIpc) is 2.48.